The zero-order valence-corrected chi connectivity index (χ0v) is 15.5. The van der Waals surface area contributed by atoms with Gasteiger partial charge < -0.3 is 10.2 Å². The third-order valence-corrected chi connectivity index (χ3v) is 4.73. The van der Waals surface area contributed by atoms with E-state index in [1.807, 2.05) is 13.8 Å². The minimum atomic E-state index is -0.191. The summed E-state index contributed by atoms with van der Waals surface area (Å²) in [5.41, 5.74) is 4.58. The van der Waals surface area contributed by atoms with Crippen LogP contribution in [-0.2, 0) is 0 Å². The lowest BCUT2D eigenvalue weighted by molar-refractivity contribution is 0.102. The maximum atomic E-state index is 12.7. The minimum absolute atomic E-state index is 0.191. The topological polar surface area (TPSA) is 58.1 Å². The van der Waals surface area contributed by atoms with Crippen LogP contribution in [0.25, 0.3) is 0 Å². The predicted octanol–water partition coefficient (Wildman–Crippen LogP) is 3.89. The van der Waals surface area contributed by atoms with Gasteiger partial charge in [0.15, 0.2) is 0 Å². The highest BCUT2D eigenvalue weighted by Gasteiger charge is 2.20. The molecule has 2 aromatic rings. The lowest BCUT2D eigenvalue weighted by atomic mass is 10.0. The number of carbonyl (C=O) groups excluding carboxylic acids is 1. The third-order valence-electron chi connectivity index (χ3n) is 4.73. The van der Waals surface area contributed by atoms with E-state index in [0.717, 1.165) is 36.3 Å². The molecule has 1 fully saturated rings. The molecular weight excluding hydrogens is 312 g/mol. The van der Waals surface area contributed by atoms with E-state index >= 15 is 0 Å². The Morgan fingerprint density at radius 1 is 1.24 bits per heavy atom. The van der Waals surface area contributed by atoms with Gasteiger partial charge in [-0.1, -0.05) is 24.6 Å². The number of aryl methyl sites for hydroxylation is 3. The van der Waals surface area contributed by atoms with Crippen LogP contribution in [0.1, 0.15) is 46.9 Å². The van der Waals surface area contributed by atoms with Crippen molar-refractivity contribution in [1.29, 1.82) is 0 Å². The number of aromatic nitrogens is 2. The van der Waals surface area contributed by atoms with E-state index in [1.54, 1.807) is 12.3 Å². The van der Waals surface area contributed by atoms with Crippen molar-refractivity contribution in [1.82, 2.24) is 9.97 Å². The van der Waals surface area contributed by atoms with E-state index < -0.39 is 0 Å². The highest BCUT2D eigenvalue weighted by molar-refractivity contribution is 6.03. The second-order valence-corrected chi connectivity index (χ2v) is 7.16. The number of rotatable bonds is 3. The molecule has 1 aromatic heterocycles. The second-order valence-electron chi connectivity index (χ2n) is 7.16. The van der Waals surface area contributed by atoms with Crippen LogP contribution in [0.4, 0.5) is 11.6 Å². The molecule has 0 spiro atoms. The average molecular weight is 338 g/mol. The van der Waals surface area contributed by atoms with Gasteiger partial charge in [0.05, 0.1) is 0 Å². The van der Waals surface area contributed by atoms with E-state index in [9.17, 15) is 4.79 Å². The van der Waals surface area contributed by atoms with Gasteiger partial charge in [-0.2, -0.15) is 0 Å². The molecule has 132 valence electrons. The number of nitrogens with one attached hydrogen (secondary N) is 1. The van der Waals surface area contributed by atoms with Gasteiger partial charge in [-0.05, 0) is 56.7 Å². The van der Waals surface area contributed by atoms with Gasteiger partial charge in [-0.15, -0.1) is 0 Å². The summed E-state index contributed by atoms with van der Waals surface area (Å²) >= 11 is 0. The molecule has 0 radical (unpaired) electrons. The first-order chi connectivity index (χ1) is 11.9. The number of hydrogen-bond donors (Lipinski definition) is 1. The molecular formula is C20H26N4O. The van der Waals surface area contributed by atoms with Crippen LogP contribution in [0.5, 0.6) is 0 Å². The molecule has 1 amide bonds. The highest BCUT2D eigenvalue weighted by Crippen LogP contribution is 2.23. The SMILES string of the molecule is Cc1cc(C)c(NC(=O)c2ccnc(N3CCCC(C)C3)n2)c(C)c1. The van der Waals surface area contributed by atoms with Crippen LogP contribution in [-0.4, -0.2) is 29.0 Å². The lowest BCUT2D eigenvalue weighted by Crippen LogP contribution is -2.35. The van der Waals surface area contributed by atoms with E-state index in [4.69, 9.17) is 0 Å². The Labute approximate surface area is 149 Å². The first-order valence-corrected chi connectivity index (χ1v) is 8.91. The van der Waals surface area contributed by atoms with E-state index in [2.05, 4.69) is 46.2 Å². The molecule has 5 heteroatoms. The average Bonchev–Trinajstić information content (AvgIpc) is 2.58. The first kappa shape index (κ1) is 17.4. The molecule has 25 heavy (non-hydrogen) atoms. The number of amides is 1. The Morgan fingerprint density at radius 2 is 1.96 bits per heavy atom. The molecule has 1 saturated heterocycles. The Morgan fingerprint density at radius 3 is 2.64 bits per heavy atom. The number of piperidine rings is 1. The first-order valence-electron chi connectivity index (χ1n) is 8.91. The van der Waals surface area contributed by atoms with Crippen molar-refractivity contribution in [2.24, 2.45) is 5.92 Å². The summed E-state index contributed by atoms with van der Waals surface area (Å²) in [7, 11) is 0. The molecule has 0 aliphatic carbocycles. The van der Waals surface area contributed by atoms with Crippen molar-refractivity contribution in [3.8, 4) is 0 Å². The van der Waals surface area contributed by atoms with Gasteiger partial charge in [0.2, 0.25) is 5.95 Å². The molecule has 1 aromatic carbocycles. The van der Waals surface area contributed by atoms with E-state index in [-0.39, 0.29) is 5.91 Å². The molecule has 3 rings (SSSR count). The van der Waals surface area contributed by atoms with Crippen LogP contribution in [0.2, 0.25) is 0 Å². The fourth-order valence-electron chi connectivity index (χ4n) is 3.55. The minimum Gasteiger partial charge on any atom is -0.341 e. The zero-order valence-electron chi connectivity index (χ0n) is 15.5. The van der Waals surface area contributed by atoms with Crippen molar-refractivity contribution in [2.45, 2.75) is 40.5 Å². The third kappa shape index (κ3) is 3.98. The summed E-state index contributed by atoms with van der Waals surface area (Å²) in [5, 5.41) is 3.01. The standard InChI is InChI=1S/C20H26N4O/c1-13-6-5-9-24(12-13)20-21-8-7-17(22-20)19(25)23-18-15(3)10-14(2)11-16(18)4/h7-8,10-11,13H,5-6,9,12H2,1-4H3,(H,23,25). The normalized spacial score (nSPS) is 17.4. The molecule has 1 aliphatic heterocycles. The number of hydrogen-bond acceptors (Lipinski definition) is 4. The Balaban J connectivity index is 1.80. The molecule has 2 heterocycles. The lowest BCUT2D eigenvalue weighted by Gasteiger charge is -2.30. The van der Waals surface area contributed by atoms with Crippen LogP contribution in [0.15, 0.2) is 24.4 Å². The number of nitrogens with zero attached hydrogens (tertiary/aromatic N) is 3. The number of anilines is 2. The monoisotopic (exact) mass is 338 g/mol. The molecule has 0 saturated carbocycles. The Bertz CT molecular complexity index is 764. The number of carbonyl (C=O) groups is 1. The molecule has 5 nitrogen and oxygen atoms in total. The summed E-state index contributed by atoms with van der Waals surface area (Å²) < 4.78 is 0. The molecule has 1 N–H and O–H groups in total. The molecule has 0 bridgehead atoms. The second kappa shape index (κ2) is 7.21. The van der Waals surface area contributed by atoms with Crippen molar-refractivity contribution in [3.63, 3.8) is 0 Å². The summed E-state index contributed by atoms with van der Waals surface area (Å²) in [5.74, 6) is 1.09. The van der Waals surface area contributed by atoms with E-state index in [1.165, 1.54) is 12.0 Å². The van der Waals surface area contributed by atoms with Gasteiger partial charge >= 0.3 is 0 Å². The van der Waals surface area contributed by atoms with Gasteiger partial charge in [0.25, 0.3) is 5.91 Å². The van der Waals surface area contributed by atoms with Crippen molar-refractivity contribution >= 4 is 17.5 Å². The van der Waals surface area contributed by atoms with Gasteiger partial charge in [0, 0.05) is 25.0 Å². The summed E-state index contributed by atoms with van der Waals surface area (Å²) in [4.78, 5) is 23.7. The maximum Gasteiger partial charge on any atom is 0.274 e. The van der Waals surface area contributed by atoms with Crippen LogP contribution < -0.4 is 10.2 Å². The number of benzene rings is 1. The van der Waals surface area contributed by atoms with E-state index in [0.29, 0.717) is 17.6 Å². The van der Waals surface area contributed by atoms with Gasteiger partial charge in [-0.3, -0.25) is 4.79 Å². The van der Waals surface area contributed by atoms with Crippen molar-refractivity contribution in [3.05, 3.63) is 46.8 Å². The Hall–Kier alpha value is -2.43. The molecule has 1 unspecified atom stereocenters. The smallest absolute Gasteiger partial charge is 0.274 e. The molecule has 1 atom stereocenters. The predicted molar refractivity (Wildman–Crippen MR) is 101 cm³/mol. The highest BCUT2D eigenvalue weighted by atomic mass is 16.1. The quantitative estimate of drug-likeness (QED) is 0.922. The van der Waals surface area contributed by atoms with Crippen molar-refractivity contribution < 1.29 is 4.79 Å². The summed E-state index contributed by atoms with van der Waals surface area (Å²) in [6, 6.07) is 5.82. The van der Waals surface area contributed by atoms with Gasteiger partial charge in [0.1, 0.15) is 5.69 Å². The Kier molecular flexibility index (Phi) is 5.02. The fraction of sp³-hybridized carbons (Fsp3) is 0.450. The van der Waals surface area contributed by atoms with Crippen LogP contribution in [0.3, 0.4) is 0 Å². The molecule has 1 aliphatic rings. The zero-order chi connectivity index (χ0) is 18.0. The van der Waals surface area contributed by atoms with Gasteiger partial charge in [-0.25, -0.2) is 9.97 Å². The fourth-order valence-corrected chi connectivity index (χ4v) is 3.55. The van der Waals surface area contributed by atoms with Crippen LogP contribution >= 0.6 is 0 Å². The van der Waals surface area contributed by atoms with Crippen molar-refractivity contribution in [2.75, 3.05) is 23.3 Å². The maximum absolute atomic E-state index is 12.7. The largest absolute Gasteiger partial charge is 0.341 e. The summed E-state index contributed by atoms with van der Waals surface area (Å²) in [6.45, 7) is 10.2. The summed E-state index contributed by atoms with van der Waals surface area (Å²) in [6.07, 6.45) is 4.05. The van der Waals surface area contributed by atoms with Crippen LogP contribution in [0, 0.1) is 26.7 Å².